The summed E-state index contributed by atoms with van der Waals surface area (Å²) in [7, 11) is -1.68. The summed E-state index contributed by atoms with van der Waals surface area (Å²) in [5.74, 6) is 0.151. The van der Waals surface area contributed by atoms with E-state index in [1.165, 1.54) is 0 Å². The Morgan fingerprint density at radius 3 is 2.36 bits per heavy atom. The Balaban J connectivity index is 3.02. The van der Waals surface area contributed by atoms with Gasteiger partial charge in [0, 0.05) is 0 Å². The first kappa shape index (κ1) is 10.8. The molecule has 0 heterocycles. The predicted octanol–water partition coefficient (Wildman–Crippen LogP) is 2.00. The van der Waals surface area contributed by atoms with E-state index in [1.807, 2.05) is 6.07 Å². The Bertz CT molecular complexity index is 344. The van der Waals surface area contributed by atoms with Crippen LogP contribution in [0.25, 0.3) is 0 Å². The minimum Gasteiger partial charge on any atom is -0.544 e. The zero-order valence-electron chi connectivity index (χ0n) is 8.70. The third-order valence-corrected chi connectivity index (χ3v) is 2.40. The topological polar surface area (TPSA) is 52.3 Å². The maximum absolute atomic E-state index is 11.1. The number of benzene rings is 1. The second-order valence-electron chi connectivity index (χ2n) is 4.07. The number of nitrogens with two attached hydrogens (primary N) is 1. The van der Waals surface area contributed by atoms with E-state index >= 15 is 0 Å². The predicted molar refractivity (Wildman–Crippen MR) is 58.9 cm³/mol. The summed E-state index contributed by atoms with van der Waals surface area (Å²) in [5, 5.41) is 0. The molecule has 2 N–H and O–H groups in total. The van der Waals surface area contributed by atoms with Crippen molar-refractivity contribution in [3.63, 3.8) is 0 Å². The van der Waals surface area contributed by atoms with E-state index in [-0.39, 0.29) is 0 Å². The van der Waals surface area contributed by atoms with Crippen molar-refractivity contribution in [2.24, 2.45) is 5.73 Å². The Hall–Kier alpha value is -1.29. The maximum Gasteiger partial charge on any atom is 0.252 e. The van der Waals surface area contributed by atoms with Crippen molar-refractivity contribution >= 4 is 14.2 Å². The average molecular weight is 209 g/mol. The zero-order chi connectivity index (χ0) is 10.8. The molecule has 0 atom stereocenters. The first-order valence-corrected chi connectivity index (χ1v) is 7.89. The molecule has 14 heavy (non-hydrogen) atoms. The van der Waals surface area contributed by atoms with Gasteiger partial charge in [0.2, 0.25) is 8.32 Å². The van der Waals surface area contributed by atoms with Crippen molar-refractivity contribution in [2.75, 3.05) is 0 Å². The molecule has 0 spiro atoms. The van der Waals surface area contributed by atoms with Crippen molar-refractivity contribution in [3.05, 3.63) is 29.8 Å². The maximum atomic E-state index is 11.1. The molecule has 0 bridgehead atoms. The van der Waals surface area contributed by atoms with E-state index < -0.39 is 14.2 Å². The first-order valence-electron chi connectivity index (χ1n) is 4.48. The highest BCUT2D eigenvalue weighted by molar-refractivity contribution is 6.70. The molecular formula is C10H15NO2Si. The van der Waals surface area contributed by atoms with Crippen LogP contribution in [0.2, 0.25) is 19.6 Å². The van der Waals surface area contributed by atoms with Crippen LogP contribution >= 0.6 is 0 Å². The number of amides is 1. The number of carbonyl (C=O) groups excluding carboxylic acids is 1. The standard InChI is InChI=1S/C10H15NO2Si/c1-14(2,3)13-9-7-5-4-6-8(9)10(11)12/h4-7H,1-3H3,(H2,11,12). The number of rotatable bonds is 3. The van der Waals surface area contributed by atoms with Crippen LogP contribution in [0.5, 0.6) is 5.75 Å². The van der Waals surface area contributed by atoms with Gasteiger partial charge < -0.3 is 10.2 Å². The van der Waals surface area contributed by atoms with Gasteiger partial charge in [0.15, 0.2) is 0 Å². The van der Waals surface area contributed by atoms with Crippen LogP contribution in [0.4, 0.5) is 0 Å². The van der Waals surface area contributed by atoms with Crippen LogP contribution in [-0.4, -0.2) is 14.2 Å². The third kappa shape index (κ3) is 2.88. The van der Waals surface area contributed by atoms with Crippen molar-refractivity contribution in [1.29, 1.82) is 0 Å². The molecule has 0 saturated carbocycles. The number of carbonyl (C=O) groups is 1. The summed E-state index contributed by atoms with van der Waals surface area (Å²) >= 11 is 0. The molecule has 1 aromatic carbocycles. The fraction of sp³-hybridized carbons (Fsp3) is 0.300. The molecule has 4 heteroatoms. The van der Waals surface area contributed by atoms with Crippen LogP contribution < -0.4 is 10.2 Å². The third-order valence-electron chi connectivity index (χ3n) is 1.57. The van der Waals surface area contributed by atoms with Crippen molar-refractivity contribution in [3.8, 4) is 5.75 Å². The summed E-state index contributed by atoms with van der Waals surface area (Å²) in [4.78, 5) is 11.1. The molecule has 76 valence electrons. The number of hydrogen-bond donors (Lipinski definition) is 1. The molecule has 0 unspecified atom stereocenters. The number of primary amides is 1. The van der Waals surface area contributed by atoms with E-state index in [0.29, 0.717) is 11.3 Å². The molecule has 0 fully saturated rings. The second-order valence-corrected chi connectivity index (χ2v) is 8.50. The van der Waals surface area contributed by atoms with Crippen LogP contribution in [0, 0.1) is 0 Å². The quantitative estimate of drug-likeness (QED) is 0.774. The Morgan fingerprint density at radius 2 is 1.86 bits per heavy atom. The van der Waals surface area contributed by atoms with Gasteiger partial charge in [0.25, 0.3) is 5.91 Å². The first-order chi connectivity index (χ1) is 6.40. The lowest BCUT2D eigenvalue weighted by Crippen LogP contribution is -2.30. The molecule has 0 aliphatic rings. The van der Waals surface area contributed by atoms with Gasteiger partial charge in [-0.1, -0.05) is 12.1 Å². The van der Waals surface area contributed by atoms with E-state index in [2.05, 4.69) is 19.6 Å². The summed E-state index contributed by atoms with van der Waals surface area (Å²) in [6, 6.07) is 7.06. The molecule has 0 saturated heterocycles. The number of para-hydroxylation sites is 1. The average Bonchev–Trinajstić information content (AvgIpc) is 2.01. The smallest absolute Gasteiger partial charge is 0.252 e. The summed E-state index contributed by atoms with van der Waals surface area (Å²) < 4.78 is 5.73. The molecular weight excluding hydrogens is 194 g/mol. The van der Waals surface area contributed by atoms with Crippen LogP contribution in [-0.2, 0) is 0 Å². The van der Waals surface area contributed by atoms with Gasteiger partial charge in [-0.15, -0.1) is 0 Å². The fourth-order valence-electron chi connectivity index (χ4n) is 1.09. The largest absolute Gasteiger partial charge is 0.544 e. The minimum absolute atomic E-state index is 0.446. The zero-order valence-corrected chi connectivity index (χ0v) is 9.70. The van der Waals surface area contributed by atoms with Crippen molar-refractivity contribution in [2.45, 2.75) is 19.6 Å². The highest BCUT2D eigenvalue weighted by Gasteiger charge is 2.19. The van der Waals surface area contributed by atoms with Gasteiger partial charge in [0.1, 0.15) is 5.75 Å². The van der Waals surface area contributed by atoms with Gasteiger partial charge in [0.05, 0.1) is 5.56 Å². The Labute approximate surface area is 85.0 Å². The highest BCUT2D eigenvalue weighted by Crippen LogP contribution is 2.20. The van der Waals surface area contributed by atoms with Gasteiger partial charge in [-0.3, -0.25) is 4.79 Å². The van der Waals surface area contributed by atoms with Crippen molar-refractivity contribution in [1.82, 2.24) is 0 Å². The molecule has 1 rings (SSSR count). The van der Waals surface area contributed by atoms with E-state index in [4.69, 9.17) is 10.2 Å². The molecule has 0 aliphatic carbocycles. The van der Waals surface area contributed by atoms with Gasteiger partial charge in [-0.05, 0) is 31.8 Å². The van der Waals surface area contributed by atoms with Gasteiger partial charge in [-0.2, -0.15) is 0 Å². The van der Waals surface area contributed by atoms with Crippen LogP contribution in [0.1, 0.15) is 10.4 Å². The van der Waals surface area contributed by atoms with E-state index in [0.717, 1.165) is 0 Å². The van der Waals surface area contributed by atoms with E-state index in [9.17, 15) is 4.79 Å². The van der Waals surface area contributed by atoms with Crippen molar-refractivity contribution < 1.29 is 9.22 Å². The molecule has 1 amide bonds. The lowest BCUT2D eigenvalue weighted by atomic mass is 10.2. The van der Waals surface area contributed by atoms with Crippen LogP contribution in [0.3, 0.4) is 0 Å². The lowest BCUT2D eigenvalue weighted by molar-refractivity contribution is 0.0998. The SMILES string of the molecule is C[Si](C)(C)Oc1ccccc1C(N)=O. The van der Waals surface area contributed by atoms with E-state index in [1.54, 1.807) is 18.2 Å². The molecule has 3 nitrogen and oxygen atoms in total. The minimum atomic E-state index is -1.68. The summed E-state index contributed by atoms with van der Waals surface area (Å²) in [6.45, 7) is 6.18. The highest BCUT2D eigenvalue weighted by atomic mass is 28.4. The normalized spacial score (nSPS) is 11.1. The Morgan fingerprint density at radius 1 is 1.29 bits per heavy atom. The Kier molecular flexibility index (Phi) is 2.95. The number of hydrogen-bond acceptors (Lipinski definition) is 2. The van der Waals surface area contributed by atoms with Crippen LogP contribution in [0.15, 0.2) is 24.3 Å². The lowest BCUT2D eigenvalue weighted by Gasteiger charge is -2.20. The monoisotopic (exact) mass is 209 g/mol. The summed E-state index contributed by atoms with van der Waals surface area (Å²) in [6.07, 6.45) is 0. The van der Waals surface area contributed by atoms with Gasteiger partial charge >= 0.3 is 0 Å². The van der Waals surface area contributed by atoms with Gasteiger partial charge in [-0.25, -0.2) is 0 Å². The molecule has 1 aromatic rings. The fourth-order valence-corrected chi connectivity index (χ4v) is 1.93. The molecule has 0 radical (unpaired) electrons. The second kappa shape index (κ2) is 3.83. The molecule has 0 aromatic heterocycles. The molecule has 0 aliphatic heterocycles. The summed E-state index contributed by atoms with van der Waals surface area (Å²) in [5.41, 5.74) is 5.68.